The number of H-pyrrole nitrogens is 1. The van der Waals surface area contributed by atoms with E-state index in [0.29, 0.717) is 18.8 Å². The summed E-state index contributed by atoms with van der Waals surface area (Å²) in [4.78, 5) is 14.2. The van der Waals surface area contributed by atoms with E-state index in [9.17, 15) is 9.90 Å². The fraction of sp³-hybridized carbons (Fsp3) is 0.429. The lowest BCUT2D eigenvalue weighted by Crippen LogP contribution is -2.30. The molecule has 0 bridgehead atoms. The van der Waals surface area contributed by atoms with Gasteiger partial charge in [0.2, 0.25) is 0 Å². The maximum atomic E-state index is 12.5. The van der Waals surface area contributed by atoms with E-state index in [1.807, 2.05) is 24.3 Å². The van der Waals surface area contributed by atoms with Crippen LogP contribution in [0.2, 0.25) is 0 Å². The number of para-hydroxylation sites is 1. The van der Waals surface area contributed by atoms with Crippen molar-refractivity contribution in [1.29, 1.82) is 0 Å². The van der Waals surface area contributed by atoms with E-state index in [1.54, 1.807) is 11.8 Å². The minimum absolute atomic E-state index is 0.0550. The van der Waals surface area contributed by atoms with Crippen molar-refractivity contribution in [3.8, 4) is 0 Å². The summed E-state index contributed by atoms with van der Waals surface area (Å²) in [5, 5.41) is 17.5. The Kier molecular flexibility index (Phi) is 2.98. The summed E-state index contributed by atoms with van der Waals surface area (Å²) < 4.78 is 0. The normalized spacial score (nSPS) is 20.9. The van der Waals surface area contributed by atoms with Crippen LogP contribution in [0.25, 0.3) is 10.9 Å². The average Bonchev–Trinajstić information content (AvgIpc) is 3.05. The zero-order chi connectivity index (χ0) is 13.4. The van der Waals surface area contributed by atoms with Crippen molar-refractivity contribution in [2.45, 2.75) is 19.4 Å². The topological polar surface area (TPSA) is 69.2 Å². The van der Waals surface area contributed by atoms with E-state index in [0.717, 1.165) is 17.3 Å². The van der Waals surface area contributed by atoms with Gasteiger partial charge in [-0.15, -0.1) is 0 Å². The van der Waals surface area contributed by atoms with Crippen molar-refractivity contribution in [3.05, 3.63) is 30.0 Å². The van der Waals surface area contributed by atoms with Gasteiger partial charge in [-0.2, -0.15) is 5.10 Å². The van der Waals surface area contributed by atoms with Crippen LogP contribution in [-0.2, 0) is 0 Å². The summed E-state index contributed by atoms with van der Waals surface area (Å²) in [5.41, 5.74) is 1.35. The number of rotatable bonds is 2. The molecule has 2 atom stereocenters. The van der Waals surface area contributed by atoms with Crippen molar-refractivity contribution in [2.75, 3.05) is 13.1 Å². The molecule has 1 amide bonds. The van der Waals surface area contributed by atoms with E-state index >= 15 is 0 Å². The number of carbonyl (C=O) groups is 1. The Morgan fingerprint density at radius 2 is 2.32 bits per heavy atom. The summed E-state index contributed by atoms with van der Waals surface area (Å²) in [6.45, 7) is 3.08. The van der Waals surface area contributed by atoms with Crippen LogP contribution >= 0.6 is 0 Å². The molecule has 0 spiro atoms. The second-order valence-electron chi connectivity index (χ2n) is 5.16. The largest absolute Gasteiger partial charge is 0.393 e. The molecule has 0 radical (unpaired) electrons. The Morgan fingerprint density at radius 3 is 3.05 bits per heavy atom. The number of aliphatic hydroxyl groups excluding tert-OH is 1. The molecule has 0 aliphatic carbocycles. The molecular weight excluding hydrogens is 242 g/mol. The first-order chi connectivity index (χ1) is 9.16. The Hall–Kier alpha value is -1.88. The molecule has 1 aliphatic heterocycles. The molecule has 100 valence electrons. The number of aliphatic hydroxyl groups is 1. The van der Waals surface area contributed by atoms with Crippen molar-refractivity contribution in [1.82, 2.24) is 15.1 Å². The number of nitrogens with one attached hydrogen (secondary N) is 1. The third-order valence-corrected chi connectivity index (χ3v) is 3.87. The maximum absolute atomic E-state index is 12.5. The van der Waals surface area contributed by atoms with Crippen LogP contribution in [-0.4, -0.2) is 45.3 Å². The third kappa shape index (κ3) is 2.10. The van der Waals surface area contributed by atoms with Crippen LogP contribution in [0.5, 0.6) is 0 Å². The summed E-state index contributed by atoms with van der Waals surface area (Å²) in [5.74, 6) is 0.120. The molecule has 5 heteroatoms. The Bertz CT molecular complexity index is 606. The van der Waals surface area contributed by atoms with Gasteiger partial charge in [-0.25, -0.2) is 0 Å². The minimum atomic E-state index is -0.367. The van der Waals surface area contributed by atoms with Crippen molar-refractivity contribution in [3.63, 3.8) is 0 Å². The van der Waals surface area contributed by atoms with Gasteiger partial charge in [-0.1, -0.05) is 18.2 Å². The lowest BCUT2D eigenvalue weighted by atomic mass is 10.0. The Balaban J connectivity index is 1.85. The monoisotopic (exact) mass is 259 g/mol. The van der Waals surface area contributed by atoms with Crippen LogP contribution in [0.3, 0.4) is 0 Å². The Labute approximate surface area is 111 Å². The first kappa shape index (κ1) is 12.2. The highest BCUT2D eigenvalue weighted by Crippen LogP contribution is 2.23. The van der Waals surface area contributed by atoms with Gasteiger partial charge in [-0.3, -0.25) is 9.89 Å². The minimum Gasteiger partial charge on any atom is -0.393 e. The van der Waals surface area contributed by atoms with Crippen molar-refractivity contribution < 1.29 is 9.90 Å². The number of benzene rings is 1. The highest BCUT2D eigenvalue weighted by Gasteiger charge is 2.31. The number of hydrogen-bond donors (Lipinski definition) is 2. The molecule has 2 unspecified atom stereocenters. The lowest BCUT2D eigenvalue weighted by molar-refractivity contribution is 0.0758. The molecule has 19 heavy (non-hydrogen) atoms. The first-order valence-electron chi connectivity index (χ1n) is 6.57. The molecule has 2 aromatic rings. The molecule has 1 aromatic heterocycles. The number of likely N-dealkylation sites (tertiary alicyclic amines) is 1. The first-order valence-corrected chi connectivity index (χ1v) is 6.57. The van der Waals surface area contributed by atoms with Gasteiger partial charge in [0, 0.05) is 24.4 Å². The van der Waals surface area contributed by atoms with E-state index in [2.05, 4.69) is 10.2 Å². The Morgan fingerprint density at radius 1 is 1.53 bits per heavy atom. The summed E-state index contributed by atoms with van der Waals surface area (Å²) in [6.07, 6.45) is 0.486. The lowest BCUT2D eigenvalue weighted by Gasteiger charge is -2.16. The SMILES string of the molecule is CC(O)C1CCN(C(=O)c2n[nH]c3ccccc23)C1. The van der Waals surface area contributed by atoms with Gasteiger partial charge < -0.3 is 10.0 Å². The molecule has 1 aromatic carbocycles. The molecular formula is C14H17N3O2. The quantitative estimate of drug-likeness (QED) is 0.856. The van der Waals surface area contributed by atoms with E-state index in [1.165, 1.54) is 0 Å². The summed E-state index contributed by atoms with van der Waals surface area (Å²) in [7, 11) is 0. The number of fused-ring (bicyclic) bond motifs is 1. The fourth-order valence-corrected chi connectivity index (χ4v) is 2.64. The van der Waals surface area contributed by atoms with Gasteiger partial charge in [0.1, 0.15) is 0 Å². The van der Waals surface area contributed by atoms with Crippen LogP contribution in [0.15, 0.2) is 24.3 Å². The molecule has 5 nitrogen and oxygen atoms in total. The van der Waals surface area contributed by atoms with Gasteiger partial charge in [-0.05, 0) is 19.4 Å². The van der Waals surface area contributed by atoms with E-state index in [4.69, 9.17) is 0 Å². The number of aromatic nitrogens is 2. The smallest absolute Gasteiger partial charge is 0.275 e. The molecule has 2 N–H and O–H groups in total. The van der Waals surface area contributed by atoms with Gasteiger partial charge in [0.15, 0.2) is 5.69 Å². The van der Waals surface area contributed by atoms with Gasteiger partial charge in [0.25, 0.3) is 5.91 Å². The third-order valence-electron chi connectivity index (χ3n) is 3.87. The predicted octanol–water partition coefficient (Wildman–Crippen LogP) is 1.41. The molecule has 1 aliphatic rings. The van der Waals surface area contributed by atoms with Gasteiger partial charge in [0.05, 0.1) is 11.6 Å². The number of amides is 1. The van der Waals surface area contributed by atoms with E-state index in [-0.39, 0.29) is 17.9 Å². The predicted molar refractivity (Wildman–Crippen MR) is 71.8 cm³/mol. The zero-order valence-corrected chi connectivity index (χ0v) is 10.8. The van der Waals surface area contributed by atoms with Crippen LogP contribution in [0.1, 0.15) is 23.8 Å². The summed E-state index contributed by atoms with van der Waals surface area (Å²) in [6, 6.07) is 7.61. The standard InChI is InChI=1S/C14H17N3O2/c1-9(18)10-6-7-17(8-10)14(19)13-11-4-2-3-5-12(11)15-16-13/h2-5,9-10,18H,6-8H2,1H3,(H,15,16). The van der Waals surface area contributed by atoms with Crippen LogP contribution < -0.4 is 0 Å². The second-order valence-corrected chi connectivity index (χ2v) is 5.16. The van der Waals surface area contributed by atoms with Crippen LogP contribution in [0, 0.1) is 5.92 Å². The molecule has 1 fully saturated rings. The maximum Gasteiger partial charge on any atom is 0.275 e. The number of nitrogens with zero attached hydrogens (tertiary/aromatic N) is 2. The highest BCUT2D eigenvalue weighted by atomic mass is 16.3. The number of carbonyl (C=O) groups excluding carboxylic acids is 1. The molecule has 3 rings (SSSR count). The van der Waals surface area contributed by atoms with E-state index < -0.39 is 0 Å². The van der Waals surface area contributed by atoms with Crippen LogP contribution in [0.4, 0.5) is 0 Å². The van der Waals surface area contributed by atoms with Crippen molar-refractivity contribution >= 4 is 16.8 Å². The highest BCUT2D eigenvalue weighted by molar-refractivity contribution is 6.04. The molecule has 0 saturated carbocycles. The average molecular weight is 259 g/mol. The zero-order valence-electron chi connectivity index (χ0n) is 10.8. The van der Waals surface area contributed by atoms with Gasteiger partial charge >= 0.3 is 0 Å². The number of hydrogen-bond acceptors (Lipinski definition) is 3. The molecule has 1 saturated heterocycles. The molecule has 2 heterocycles. The second kappa shape index (κ2) is 4.66. The number of aromatic amines is 1. The van der Waals surface area contributed by atoms with Crippen molar-refractivity contribution in [2.24, 2.45) is 5.92 Å². The fourth-order valence-electron chi connectivity index (χ4n) is 2.64. The summed E-state index contributed by atoms with van der Waals surface area (Å²) >= 11 is 0.